The van der Waals surface area contributed by atoms with E-state index in [1.165, 1.54) is 0 Å². The molecule has 0 fully saturated rings. The average Bonchev–Trinajstić information content (AvgIpc) is 2.52. The fraction of sp³-hybridized carbons (Fsp3) is 0.211. The third kappa shape index (κ3) is 1.73. The lowest BCUT2D eigenvalue weighted by atomic mass is 9.86. The van der Waals surface area contributed by atoms with Gasteiger partial charge in [0.05, 0.1) is 11.2 Å². The fourth-order valence-electron chi connectivity index (χ4n) is 3.39. The average molecular weight is 291 g/mol. The van der Waals surface area contributed by atoms with E-state index in [1.807, 2.05) is 38.1 Å². The molecule has 0 spiro atoms. The van der Waals surface area contributed by atoms with Crippen LogP contribution in [0.25, 0.3) is 27.8 Å². The number of aliphatic hydroxyl groups is 2. The molecule has 110 valence electrons. The summed E-state index contributed by atoms with van der Waals surface area (Å²) in [7, 11) is 0. The maximum absolute atomic E-state index is 10.4. The Hall–Kier alpha value is -2.23. The first-order valence-electron chi connectivity index (χ1n) is 7.44. The fourth-order valence-corrected chi connectivity index (χ4v) is 3.39. The zero-order valence-electron chi connectivity index (χ0n) is 12.5. The molecule has 0 amide bonds. The minimum Gasteiger partial charge on any atom is -0.386 e. The van der Waals surface area contributed by atoms with Crippen molar-refractivity contribution in [3.05, 3.63) is 58.8 Å². The van der Waals surface area contributed by atoms with E-state index in [4.69, 9.17) is 4.98 Å². The molecule has 1 heterocycles. The van der Waals surface area contributed by atoms with Crippen molar-refractivity contribution in [2.45, 2.75) is 26.1 Å². The zero-order chi connectivity index (χ0) is 15.4. The van der Waals surface area contributed by atoms with E-state index >= 15 is 0 Å². The van der Waals surface area contributed by atoms with Crippen LogP contribution in [0.4, 0.5) is 0 Å². The quantitative estimate of drug-likeness (QED) is 0.623. The lowest BCUT2D eigenvalue weighted by Crippen LogP contribution is -2.25. The molecule has 3 heteroatoms. The van der Waals surface area contributed by atoms with Crippen LogP contribution in [0.1, 0.15) is 29.8 Å². The van der Waals surface area contributed by atoms with Crippen molar-refractivity contribution in [1.82, 2.24) is 4.98 Å². The van der Waals surface area contributed by atoms with E-state index in [0.29, 0.717) is 0 Å². The molecule has 0 saturated carbocycles. The number of pyridine rings is 1. The van der Waals surface area contributed by atoms with E-state index in [2.05, 4.69) is 18.2 Å². The Kier molecular flexibility index (Phi) is 2.83. The third-order valence-corrected chi connectivity index (χ3v) is 4.64. The maximum Gasteiger partial charge on any atom is 0.111 e. The molecule has 0 unspecified atom stereocenters. The minimum atomic E-state index is -0.914. The highest BCUT2D eigenvalue weighted by Gasteiger charge is 2.29. The smallest absolute Gasteiger partial charge is 0.111 e. The summed E-state index contributed by atoms with van der Waals surface area (Å²) >= 11 is 0. The van der Waals surface area contributed by atoms with Gasteiger partial charge in [0.2, 0.25) is 0 Å². The molecular formula is C19H17NO2. The molecule has 1 aromatic heterocycles. The number of benzene rings is 2. The molecule has 1 aliphatic carbocycles. The number of hydrogen-bond donors (Lipinski definition) is 2. The largest absolute Gasteiger partial charge is 0.386 e. The highest BCUT2D eigenvalue weighted by Crippen LogP contribution is 2.37. The predicted molar refractivity (Wildman–Crippen MR) is 88.6 cm³/mol. The molecular weight excluding hydrogens is 274 g/mol. The van der Waals surface area contributed by atoms with Crippen molar-refractivity contribution in [2.75, 3.05) is 0 Å². The van der Waals surface area contributed by atoms with Gasteiger partial charge in [0.15, 0.2) is 0 Å². The molecule has 1 aliphatic rings. The lowest BCUT2D eigenvalue weighted by Gasteiger charge is -2.27. The monoisotopic (exact) mass is 291 g/mol. The summed E-state index contributed by atoms with van der Waals surface area (Å²) in [5.74, 6) is 0. The molecule has 0 radical (unpaired) electrons. The number of aliphatic hydroxyl groups excluding tert-OH is 2. The molecule has 0 aliphatic heterocycles. The van der Waals surface area contributed by atoms with Gasteiger partial charge in [-0.2, -0.15) is 0 Å². The van der Waals surface area contributed by atoms with Gasteiger partial charge < -0.3 is 10.2 Å². The molecule has 4 rings (SSSR count). The second-order valence-corrected chi connectivity index (χ2v) is 6.00. The summed E-state index contributed by atoms with van der Waals surface area (Å²) in [5.41, 5.74) is 4.17. The van der Waals surface area contributed by atoms with E-state index < -0.39 is 12.2 Å². The molecule has 0 bridgehead atoms. The van der Waals surface area contributed by atoms with Crippen molar-refractivity contribution in [1.29, 1.82) is 0 Å². The van der Waals surface area contributed by atoms with Gasteiger partial charge in [0.25, 0.3) is 0 Å². The number of hydrogen-bond acceptors (Lipinski definition) is 3. The number of aryl methyl sites for hydroxylation is 1. The van der Waals surface area contributed by atoms with E-state index in [-0.39, 0.29) is 0 Å². The molecule has 3 nitrogen and oxygen atoms in total. The SMILES string of the molecule is CC1=Cc2nc3c(ccc4ccccc43)c(C)c2[C@@H](O)[C@@H]1O. The Morgan fingerprint density at radius 2 is 1.68 bits per heavy atom. The second-order valence-electron chi connectivity index (χ2n) is 6.00. The number of aromatic nitrogens is 1. The minimum absolute atomic E-state index is 0.737. The summed E-state index contributed by atoms with van der Waals surface area (Å²) in [5, 5.41) is 23.8. The first-order valence-corrected chi connectivity index (χ1v) is 7.44. The van der Waals surface area contributed by atoms with Gasteiger partial charge in [-0.3, -0.25) is 0 Å². The highest BCUT2D eigenvalue weighted by molar-refractivity contribution is 6.06. The number of fused-ring (bicyclic) bond motifs is 4. The van der Waals surface area contributed by atoms with Crippen molar-refractivity contribution < 1.29 is 10.2 Å². The van der Waals surface area contributed by atoms with Gasteiger partial charge in [0.1, 0.15) is 12.2 Å². The van der Waals surface area contributed by atoms with Crippen LogP contribution in [0.5, 0.6) is 0 Å². The Morgan fingerprint density at radius 1 is 0.909 bits per heavy atom. The predicted octanol–water partition coefficient (Wildman–Crippen LogP) is 3.51. The zero-order valence-corrected chi connectivity index (χ0v) is 12.5. The molecule has 22 heavy (non-hydrogen) atoms. The van der Waals surface area contributed by atoms with Crippen LogP contribution < -0.4 is 0 Å². The number of nitrogens with zero attached hydrogens (tertiary/aromatic N) is 1. The van der Waals surface area contributed by atoms with E-state index in [9.17, 15) is 10.2 Å². The van der Waals surface area contributed by atoms with Gasteiger partial charge >= 0.3 is 0 Å². The summed E-state index contributed by atoms with van der Waals surface area (Å²) in [6.07, 6.45) is 0.107. The molecule has 0 saturated heterocycles. The van der Waals surface area contributed by atoms with Crippen molar-refractivity contribution in [2.24, 2.45) is 0 Å². The molecule has 2 aromatic carbocycles. The van der Waals surface area contributed by atoms with Crippen LogP contribution >= 0.6 is 0 Å². The summed E-state index contributed by atoms with van der Waals surface area (Å²) < 4.78 is 0. The maximum atomic E-state index is 10.4. The topological polar surface area (TPSA) is 53.4 Å². The molecule has 3 aromatic rings. The van der Waals surface area contributed by atoms with Crippen LogP contribution in [0.2, 0.25) is 0 Å². The Morgan fingerprint density at radius 3 is 2.50 bits per heavy atom. The van der Waals surface area contributed by atoms with Crippen molar-refractivity contribution >= 4 is 27.8 Å². The van der Waals surface area contributed by atoms with Gasteiger partial charge in [-0.15, -0.1) is 0 Å². The van der Waals surface area contributed by atoms with Crippen LogP contribution in [0, 0.1) is 6.92 Å². The second kappa shape index (κ2) is 4.63. The van der Waals surface area contributed by atoms with Gasteiger partial charge in [-0.1, -0.05) is 36.4 Å². The first kappa shape index (κ1) is 13.4. The van der Waals surface area contributed by atoms with E-state index in [1.54, 1.807) is 0 Å². The van der Waals surface area contributed by atoms with Crippen LogP contribution in [-0.4, -0.2) is 21.3 Å². The normalized spacial score (nSPS) is 21.0. The summed E-state index contributed by atoms with van der Waals surface area (Å²) in [4.78, 5) is 4.79. The Bertz CT molecular complexity index is 943. The lowest BCUT2D eigenvalue weighted by molar-refractivity contribution is 0.0393. The third-order valence-electron chi connectivity index (χ3n) is 4.64. The van der Waals surface area contributed by atoms with Crippen molar-refractivity contribution in [3.8, 4) is 0 Å². The van der Waals surface area contributed by atoms with Crippen molar-refractivity contribution in [3.63, 3.8) is 0 Å². The molecule has 2 N–H and O–H groups in total. The molecule has 2 atom stereocenters. The first-order chi connectivity index (χ1) is 10.6. The van der Waals surface area contributed by atoms with Gasteiger partial charge in [-0.25, -0.2) is 4.98 Å². The highest BCUT2D eigenvalue weighted by atomic mass is 16.3. The number of rotatable bonds is 0. The van der Waals surface area contributed by atoms with Gasteiger partial charge in [-0.05, 0) is 36.4 Å². The van der Waals surface area contributed by atoms with E-state index in [0.717, 1.165) is 44.1 Å². The van der Waals surface area contributed by atoms with Crippen LogP contribution in [0.3, 0.4) is 0 Å². The standard InChI is InChI=1S/C19H17NO2/c1-10-9-15-16(19(22)18(10)21)11(2)13-8-7-12-5-3-4-6-14(12)17(13)20-15/h3-9,18-19,21-22H,1-2H3/t18-,19-/m1/s1. The Labute approximate surface area is 128 Å². The Balaban J connectivity index is 2.16. The van der Waals surface area contributed by atoms with Crippen LogP contribution in [-0.2, 0) is 0 Å². The van der Waals surface area contributed by atoms with Gasteiger partial charge in [0, 0.05) is 16.3 Å². The van der Waals surface area contributed by atoms with Crippen LogP contribution in [0.15, 0.2) is 42.0 Å². The summed E-state index contributed by atoms with van der Waals surface area (Å²) in [6.45, 7) is 3.81. The summed E-state index contributed by atoms with van der Waals surface area (Å²) in [6, 6.07) is 12.3.